The smallest absolute Gasteiger partial charge is 0.294 e. The molecule has 0 saturated carbocycles. The van der Waals surface area contributed by atoms with Crippen molar-refractivity contribution in [3.05, 3.63) is 41.2 Å². The Hall–Kier alpha value is -2.10. The molecular formula is C18H20N4O6S4. The molecule has 1 aliphatic rings. The highest BCUT2D eigenvalue weighted by Crippen LogP contribution is 2.34. The number of thiazole rings is 1. The average Bonchev–Trinajstić information content (AvgIpc) is 3.27. The maximum Gasteiger partial charge on any atom is 0.294 e. The van der Waals surface area contributed by atoms with Gasteiger partial charge in [0.25, 0.3) is 20.2 Å². The Bertz CT molecular complexity index is 1540. The standard InChI is InChI=1S/C18H20N4O6S4/c1-3-21-11-30(17-10-13(32(26,27)28)6-8-15(17)21)20-19-18-22(4-2)14-7-5-12(31(23,24)25)9-16(14)29-18/h5-10H,3-4,11H2,1-2H3,(H,23,24,25)(H,26,27,28). The lowest BCUT2D eigenvalue weighted by molar-refractivity contribution is 0.481. The first-order chi connectivity index (χ1) is 15.0. The Morgan fingerprint density at radius 2 is 1.66 bits per heavy atom. The van der Waals surface area contributed by atoms with Gasteiger partial charge in [0, 0.05) is 18.0 Å². The number of hydrogen-bond acceptors (Lipinski definition) is 7. The molecule has 1 unspecified atom stereocenters. The lowest BCUT2D eigenvalue weighted by Gasteiger charge is -2.14. The van der Waals surface area contributed by atoms with Crippen LogP contribution in [-0.4, -0.2) is 42.9 Å². The minimum absolute atomic E-state index is 0.190. The minimum atomic E-state index is -4.34. The van der Waals surface area contributed by atoms with Gasteiger partial charge in [0.1, 0.15) is 0 Å². The number of aryl methyl sites for hydroxylation is 1. The van der Waals surface area contributed by atoms with Crippen molar-refractivity contribution in [2.24, 2.45) is 9.57 Å². The van der Waals surface area contributed by atoms with E-state index in [-0.39, 0.29) is 9.79 Å². The van der Waals surface area contributed by atoms with Crippen LogP contribution in [0.2, 0.25) is 0 Å². The summed E-state index contributed by atoms with van der Waals surface area (Å²) in [6.45, 7) is 5.17. The number of hydrogen-bond donors (Lipinski definition) is 2. The second-order valence-electron chi connectivity index (χ2n) is 6.87. The van der Waals surface area contributed by atoms with Gasteiger partial charge in [-0.2, -0.15) is 16.8 Å². The third kappa shape index (κ3) is 4.25. The third-order valence-electron chi connectivity index (χ3n) is 4.98. The van der Waals surface area contributed by atoms with E-state index in [4.69, 9.17) is 0 Å². The van der Waals surface area contributed by atoms with E-state index in [2.05, 4.69) is 14.5 Å². The van der Waals surface area contributed by atoms with Crippen LogP contribution in [0.3, 0.4) is 0 Å². The summed E-state index contributed by atoms with van der Waals surface area (Å²) in [7, 11) is -9.42. The van der Waals surface area contributed by atoms with Crippen molar-refractivity contribution < 1.29 is 25.9 Å². The molecule has 0 fully saturated rings. The molecule has 1 aromatic heterocycles. The van der Waals surface area contributed by atoms with Gasteiger partial charge in [-0.05, 0) is 60.9 Å². The van der Waals surface area contributed by atoms with E-state index in [1.807, 2.05) is 18.4 Å². The summed E-state index contributed by atoms with van der Waals surface area (Å²) in [5.41, 5.74) is 1.61. The molecule has 0 amide bonds. The zero-order chi connectivity index (χ0) is 23.3. The van der Waals surface area contributed by atoms with Gasteiger partial charge in [0.2, 0.25) is 4.80 Å². The number of aromatic nitrogens is 1. The molecule has 2 N–H and O–H groups in total. The van der Waals surface area contributed by atoms with E-state index in [0.29, 0.717) is 33.4 Å². The quantitative estimate of drug-likeness (QED) is 0.392. The lowest BCUT2D eigenvalue weighted by atomic mass is 10.3. The maximum atomic E-state index is 11.6. The SMILES string of the molecule is CCN1CS(=NN=c2sc3cc(S(=O)(=O)O)ccc3n2CC)c2cc(S(=O)(=O)O)ccc21. The van der Waals surface area contributed by atoms with Crippen LogP contribution in [0.4, 0.5) is 5.69 Å². The van der Waals surface area contributed by atoms with Crippen LogP contribution in [-0.2, 0) is 37.5 Å². The fourth-order valence-electron chi connectivity index (χ4n) is 3.40. The van der Waals surface area contributed by atoms with Gasteiger partial charge < -0.3 is 9.47 Å². The van der Waals surface area contributed by atoms with Crippen molar-refractivity contribution in [1.82, 2.24) is 4.57 Å². The number of benzene rings is 2. The first-order valence-corrected chi connectivity index (χ1v) is 14.5. The van der Waals surface area contributed by atoms with E-state index in [9.17, 15) is 25.9 Å². The van der Waals surface area contributed by atoms with E-state index in [0.717, 1.165) is 11.2 Å². The summed E-state index contributed by atoms with van der Waals surface area (Å²) in [5.74, 6) is 0.536. The predicted molar refractivity (Wildman–Crippen MR) is 123 cm³/mol. The second-order valence-corrected chi connectivity index (χ2v) is 12.3. The summed E-state index contributed by atoms with van der Waals surface area (Å²) in [6.07, 6.45) is 0. The Morgan fingerprint density at radius 3 is 2.28 bits per heavy atom. The van der Waals surface area contributed by atoms with Crippen molar-refractivity contribution in [3.63, 3.8) is 0 Å². The van der Waals surface area contributed by atoms with Crippen LogP contribution in [0, 0.1) is 0 Å². The highest BCUT2D eigenvalue weighted by atomic mass is 32.2. The zero-order valence-corrected chi connectivity index (χ0v) is 20.3. The molecule has 14 heteroatoms. The normalized spacial score (nSPS) is 17.4. The van der Waals surface area contributed by atoms with Gasteiger partial charge in [-0.15, -0.1) is 9.57 Å². The molecule has 0 bridgehead atoms. The highest BCUT2D eigenvalue weighted by Gasteiger charge is 2.25. The number of rotatable bonds is 5. The average molecular weight is 517 g/mol. The van der Waals surface area contributed by atoms with E-state index >= 15 is 0 Å². The van der Waals surface area contributed by atoms with E-state index < -0.39 is 30.9 Å². The molecule has 0 radical (unpaired) electrons. The van der Waals surface area contributed by atoms with E-state index in [1.165, 1.54) is 35.6 Å². The predicted octanol–water partition coefficient (Wildman–Crippen LogP) is 2.69. The Morgan fingerprint density at radius 1 is 1.00 bits per heavy atom. The monoisotopic (exact) mass is 516 g/mol. The molecule has 32 heavy (non-hydrogen) atoms. The Balaban J connectivity index is 1.86. The highest BCUT2D eigenvalue weighted by molar-refractivity contribution is 7.88. The molecule has 3 aromatic rings. The van der Waals surface area contributed by atoms with Crippen molar-refractivity contribution in [3.8, 4) is 0 Å². The Labute approximate surface area is 191 Å². The minimum Gasteiger partial charge on any atom is -0.360 e. The molecule has 2 heterocycles. The van der Waals surface area contributed by atoms with Gasteiger partial charge in [0.05, 0.1) is 31.6 Å². The van der Waals surface area contributed by atoms with Crippen molar-refractivity contribution >= 4 is 58.2 Å². The molecule has 172 valence electrons. The van der Waals surface area contributed by atoms with E-state index in [1.54, 1.807) is 12.1 Å². The molecule has 1 atom stereocenters. The molecule has 0 spiro atoms. The molecule has 2 aromatic carbocycles. The summed E-state index contributed by atoms with van der Waals surface area (Å²) >= 11 is 1.24. The molecule has 0 aliphatic carbocycles. The topological polar surface area (TPSA) is 142 Å². The number of anilines is 1. The first-order valence-electron chi connectivity index (χ1n) is 9.46. The van der Waals surface area contributed by atoms with Gasteiger partial charge in [0.15, 0.2) is 0 Å². The van der Waals surface area contributed by atoms with Crippen LogP contribution < -0.4 is 9.70 Å². The van der Waals surface area contributed by atoms with Gasteiger partial charge in [-0.3, -0.25) is 9.11 Å². The summed E-state index contributed by atoms with van der Waals surface area (Å²) in [6, 6.07) is 8.80. The van der Waals surface area contributed by atoms with Crippen LogP contribution in [0.25, 0.3) is 10.2 Å². The first kappa shape index (κ1) is 23.1. The third-order valence-corrected chi connectivity index (χ3v) is 9.38. The van der Waals surface area contributed by atoms with Crippen molar-refractivity contribution in [2.45, 2.75) is 35.1 Å². The molecule has 10 nitrogen and oxygen atoms in total. The second kappa shape index (κ2) is 8.35. The fraction of sp³-hybridized carbons (Fsp3) is 0.278. The summed E-state index contributed by atoms with van der Waals surface area (Å²) in [4.78, 5) is 2.90. The molecular weight excluding hydrogens is 496 g/mol. The van der Waals surface area contributed by atoms with Crippen LogP contribution in [0.5, 0.6) is 0 Å². The van der Waals surface area contributed by atoms with Gasteiger partial charge in [-0.1, -0.05) is 11.3 Å². The Kier molecular flexibility index (Phi) is 6.02. The molecule has 4 rings (SSSR count). The zero-order valence-electron chi connectivity index (χ0n) is 17.0. The van der Waals surface area contributed by atoms with Gasteiger partial charge >= 0.3 is 0 Å². The number of nitrogens with zero attached hydrogens (tertiary/aromatic N) is 4. The summed E-state index contributed by atoms with van der Waals surface area (Å²) < 4.78 is 71.8. The van der Waals surface area contributed by atoms with Crippen LogP contribution in [0.15, 0.2) is 60.7 Å². The fourth-order valence-corrected chi connectivity index (χ4v) is 7.48. The largest absolute Gasteiger partial charge is 0.360 e. The molecule has 1 aliphatic heterocycles. The number of fused-ring (bicyclic) bond motifs is 2. The molecule has 0 saturated heterocycles. The van der Waals surface area contributed by atoms with Crippen molar-refractivity contribution in [1.29, 1.82) is 0 Å². The van der Waals surface area contributed by atoms with Crippen LogP contribution in [0.1, 0.15) is 13.8 Å². The van der Waals surface area contributed by atoms with Gasteiger partial charge in [-0.25, -0.2) is 0 Å². The van der Waals surface area contributed by atoms with Crippen molar-refractivity contribution in [2.75, 3.05) is 17.3 Å². The van der Waals surface area contributed by atoms with Crippen LogP contribution >= 0.6 is 11.3 Å². The summed E-state index contributed by atoms with van der Waals surface area (Å²) in [5, 5.41) is 4.42. The lowest BCUT2D eigenvalue weighted by Crippen LogP contribution is -2.20. The maximum absolute atomic E-state index is 11.6.